The summed E-state index contributed by atoms with van der Waals surface area (Å²) in [7, 11) is 1.47. The molecule has 0 aromatic rings. The van der Waals surface area contributed by atoms with Crippen molar-refractivity contribution < 1.29 is 14.7 Å². The highest BCUT2D eigenvalue weighted by Gasteiger charge is 2.30. The Bertz CT molecular complexity index is 151. The average Bonchev–Trinajstić information content (AvgIpc) is 2.36. The van der Waals surface area contributed by atoms with Gasteiger partial charge in [0.1, 0.15) is 6.04 Å². The predicted octanol–water partition coefficient (Wildman–Crippen LogP) is -0.399. The van der Waals surface area contributed by atoms with Crippen molar-refractivity contribution in [3.63, 3.8) is 0 Å². The molecule has 0 saturated carbocycles. The van der Waals surface area contributed by atoms with Crippen molar-refractivity contribution in [2.75, 3.05) is 13.7 Å². The van der Waals surface area contributed by atoms with Crippen molar-refractivity contribution in [3.8, 4) is 0 Å². The Hall–Kier alpha value is -0.650. The minimum Gasteiger partial charge on any atom is -0.480 e. The number of carboxylic acid groups (broad SMARTS) is 1. The molecule has 1 heterocycles. The summed E-state index contributed by atoms with van der Waals surface area (Å²) in [4.78, 5) is 15.2. The van der Waals surface area contributed by atoms with Crippen LogP contribution in [0.4, 0.5) is 0 Å². The topological polar surface area (TPSA) is 61.8 Å². The monoisotopic (exact) mass is 160 g/mol. The highest BCUT2D eigenvalue weighted by Crippen LogP contribution is 2.14. The van der Waals surface area contributed by atoms with Gasteiger partial charge in [-0.15, -0.1) is 5.59 Å². The summed E-state index contributed by atoms with van der Waals surface area (Å²) >= 11 is 0. The summed E-state index contributed by atoms with van der Waals surface area (Å²) in [6, 6.07) is -0.435. The van der Waals surface area contributed by atoms with Crippen LogP contribution in [0.2, 0.25) is 0 Å². The quantitative estimate of drug-likeness (QED) is 0.550. The highest BCUT2D eigenvalue weighted by molar-refractivity contribution is 5.73. The van der Waals surface area contributed by atoms with Crippen LogP contribution in [-0.4, -0.2) is 35.8 Å². The number of nitrogens with one attached hydrogen (secondary N) is 1. The first-order chi connectivity index (χ1) is 5.25. The standard InChI is InChI=1S/C6H12N2O3/c1-11-7-8-4-2-3-5(8)6(9)10/h5,7H,2-4H2,1H3,(H,9,10). The Balaban J connectivity index is 2.44. The molecule has 0 aromatic carbocycles. The molecule has 64 valence electrons. The minimum atomic E-state index is -0.799. The second kappa shape index (κ2) is 3.66. The fourth-order valence-corrected chi connectivity index (χ4v) is 1.25. The molecule has 0 aromatic heterocycles. The predicted molar refractivity (Wildman–Crippen MR) is 37.5 cm³/mol. The van der Waals surface area contributed by atoms with E-state index < -0.39 is 12.0 Å². The van der Waals surface area contributed by atoms with E-state index in [2.05, 4.69) is 10.4 Å². The number of nitrogens with zero attached hydrogens (tertiary/aromatic N) is 1. The molecular formula is C6H12N2O3. The third-order valence-electron chi connectivity index (χ3n) is 1.75. The maximum atomic E-state index is 10.5. The van der Waals surface area contributed by atoms with Gasteiger partial charge >= 0.3 is 5.97 Å². The van der Waals surface area contributed by atoms with Crippen LogP contribution >= 0.6 is 0 Å². The maximum absolute atomic E-state index is 10.5. The second-order valence-corrected chi connectivity index (χ2v) is 2.49. The van der Waals surface area contributed by atoms with Crippen LogP contribution in [0.15, 0.2) is 0 Å². The van der Waals surface area contributed by atoms with Gasteiger partial charge in [-0.25, -0.2) is 5.01 Å². The molecule has 0 aliphatic carbocycles. The van der Waals surface area contributed by atoms with Gasteiger partial charge in [-0.2, -0.15) is 0 Å². The average molecular weight is 160 g/mol. The van der Waals surface area contributed by atoms with E-state index >= 15 is 0 Å². The summed E-state index contributed by atoms with van der Waals surface area (Å²) in [5, 5.41) is 10.3. The smallest absolute Gasteiger partial charge is 0.322 e. The normalized spacial score (nSPS) is 25.7. The zero-order valence-electron chi connectivity index (χ0n) is 6.41. The SMILES string of the molecule is CONN1CCCC1C(=O)O. The lowest BCUT2D eigenvalue weighted by Crippen LogP contribution is -2.44. The van der Waals surface area contributed by atoms with Crippen molar-refractivity contribution in [1.82, 2.24) is 10.6 Å². The van der Waals surface area contributed by atoms with E-state index in [1.165, 1.54) is 7.11 Å². The Morgan fingerprint density at radius 3 is 3.09 bits per heavy atom. The summed E-state index contributed by atoms with van der Waals surface area (Å²) in [6.45, 7) is 0.727. The summed E-state index contributed by atoms with van der Waals surface area (Å²) in [5.74, 6) is -0.799. The second-order valence-electron chi connectivity index (χ2n) is 2.49. The molecule has 1 rings (SSSR count). The van der Waals surface area contributed by atoms with E-state index in [0.29, 0.717) is 6.42 Å². The van der Waals surface area contributed by atoms with E-state index in [-0.39, 0.29) is 0 Å². The van der Waals surface area contributed by atoms with Crippen LogP contribution in [0.5, 0.6) is 0 Å². The van der Waals surface area contributed by atoms with Gasteiger partial charge in [0.15, 0.2) is 0 Å². The van der Waals surface area contributed by atoms with Crippen LogP contribution in [-0.2, 0) is 9.63 Å². The van der Waals surface area contributed by atoms with Crippen LogP contribution in [0.25, 0.3) is 0 Å². The molecule has 1 unspecified atom stereocenters. The van der Waals surface area contributed by atoms with Crippen molar-refractivity contribution in [2.24, 2.45) is 0 Å². The number of hydrazine groups is 1. The number of rotatable bonds is 3. The number of hydrogen-bond donors (Lipinski definition) is 2. The molecule has 1 aliphatic rings. The first kappa shape index (κ1) is 8.45. The lowest BCUT2D eigenvalue weighted by atomic mass is 10.2. The van der Waals surface area contributed by atoms with E-state index in [1.54, 1.807) is 5.01 Å². The molecule has 0 bridgehead atoms. The van der Waals surface area contributed by atoms with Crippen LogP contribution in [0, 0.1) is 0 Å². The molecule has 5 nitrogen and oxygen atoms in total. The fraction of sp³-hybridized carbons (Fsp3) is 0.833. The third-order valence-corrected chi connectivity index (χ3v) is 1.75. The van der Waals surface area contributed by atoms with Crippen molar-refractivity contribution in [1.29, 1.82) is 0 Å². The number of aliphatic carboxylic acids is 1. The van der Waals surface area contributed by atoms with Crippen molar-refractivity contribution in [2.45, 2.75) is 18.9 Å². The molecule has 5 heteroatoms. The van der Waals surface area contributed by atoms with Gasteiger partial charge in [0.05, 0.1) is 7.11 Å². The van der Waals surface area contributed by atoms with Crippen LogP contribution in [0.1, 0.15) is 12.8 Å². The van der Waals surface area contributed by atoms with Gasteiger partial charge in [0, 0.05) is 6.54 Å². The van der Waals surface area contributed by atoms with E-state index in [0.717, 1.165) is 13.0 Å². The van der Waals surface area contributed by atoms with Crippen LogP contribution in [0.3, 0.4) is 0 Å². The number of carboxylic acids is 1. The zero-order chi connectivity index (χ0) is 8.27. The Morgan fingerprint density at radius 2 is 2.55 bits per heavy atom. The Kier molecular flexibility index (Phi) is 2.81. The lowest BCUT2D eigenvalue weighted by molar-refractivity contribution is -0.149. The van der Waals surface area contributed by atoms with Gasteiger partial charge in [-0.3, -0.25) is 9.63 Å². The summed E-state index contributed by atoms with van der Waals surface area (Å²) in [5.41, 5.74) is 2.53. The first-order valence-corrected chi connectivity index (χ1v) is 3.54. The number of hydrogen-bond acceptors (Lipinski definition) is 4. The molecular weight excluding hydrogens is 148 g/mol. The van der Waals surface area contributed by atoms with Gasteiger partial charge in [0.25, 0.3) is 0 Å². The van der Waals surface area contributed by atoms with E-state index in [4.69, 9.17) is 5.11 Å². The van der Waals surface area contributed by atoms with Gasteiger partial charge in [0.2, 0.25) is 0 Å². The van der Waals surface area contributed by atoms with Crippen LogP contribution < -0.4 is 5.59 Å². The molecule has 1 atom stereocenters. The molecule has 0 radical (unpaired) electrons. The van der Waals surface area contributed by atoms with Gasteiger partial charge in [-0.05, 0) is 12.8 Å². The zero-order valence-corrected chi connectivity index (χ0v) is 6.41. The largest absolute Gasteiger partial charge is 0.480 e. The van der Waals surface area contributed by atoms with Crippen molar-refractivity contribution >= 4 is 5.97 Å². The molecule has 11 heavy (non-hydrogen) atoms. The lowest BCUT2D eigenvalue weighted by Gasteiger charge is -2.19. The molecule has 1 aliphatic heterocycles. The highest BCUT2D eigenvalue weighted by atomic mass is 16.7. The van der Waals surface area contributed by atoms with Crippen molar-refractivity contribution in [3.05, 3.63) is 0 Å². The van der Waals surface area contributed by atoms with Gasteiger partial charge < -0.3 is 5.11 Å². The minimum absolute atomic E-state index is 0.435. The molecule has 2 N–H and O–H groups in total. The first-order valence-electron chi connectivity index (χ1n) is 3.54. The molecule has 1 saturated heterocycles. The maximum Gasteiger partial charge on any atom is 0.322 e. The molecule has 0 spiro atoms. The Labute approximate surface area is 64.9 Å². The summed E-state index contributed by atoms with van der Waals surface area (Å²) < 4.78 is 0. The van der Waals surface area contributed by atoms with Gasteiger partial charge in [-0.1, -0.05) is 0 Å². The fourth-order valence-electron chi connectivity index (χ4n) is 1.25. The number of carbonyl (C=O) groups is 1. The Morgan fingerprint density at radius 1 is 1.82 bits per heavy atom. The van der Waals surface area contributed by atoms with E-state index in [9.17, 15) is 4.79 Å². The van der Waals surface area contributed by atoms with E-state index in [1.807, 2.05) is 0 Å². The molecule has 1 fully saturated rings. The third kappa shape index (κ3) is 1.89. The summed E-state index contributed by atoms with van der Waals surface area (Å²) in [6.07, 6.45) is 1.58. The molecule has 0 amide bonds.